The average Bonchev–Trinajstić information content (AvgIpc) is 2.02. The molecule has 0 fully saturated rings. The monoisotopic (exact) mass is 191 g/mol. The van der Waals surface area contributed by atoms with E-state index in [4.69, 9.17) is 5.26 Å². The van der Waals surface area contributed by atoms with E-state index >= 15 is 0 Å². The fourth-order valence-corrected chi connectivity index (χ4v) is 1.02. The van der Waals surface area contributed by atoms with Crippen LogP contribution < -0.4 is 5.32 Å². The quantitative estimate of drug-likeness (QED) is 0.671. The second-order valence-electron chi connectivity index (χ2n) is 2.85. The van der Waals surface area contributed by atoms with Crippen LogP contribution in [-0.2, 0) is 0 Å². The van der Waals surface area contributed by atoms with Crippen molar-refractivity contribution in [2.24, 2.45) is 0 Å². The van der Waals surface area contributed by atoms with E-state index in [0.29, 0.717) is 13.1 Å². The summed E-state index contributed by atoms with van der Waals surface area (Å²) in [5.41, 5.74) is 0. The molecule has 76 valence electrons. The van der Waals surface area contributed by atoms with E-state index in [9.17, 15) is 8.78 Å². The van der Waals surface area contributed by atoms with Crippen molar-refractivity contribution in [1.82, 2.24) is 10.2 Å². The third-order valence-electron chi connectivity index (χ3n) is 1.55. The summed E-state index contributed by atoms with van der Waals surface area (Å²) in [5.74, 6) is 0. The Morgan fingerprint density at radius 1 is 1.46 bits per heavy atom. The number of alkyl halides is 2. The lowest BCUT2D eigenvalue weighted by Gasteiger charge is -2.19. The molecule has 0 heterocycles. The number of rotatable bonds is 6. The third-order valence-corrected chi connectivity index (χ3v) is 1.55. The fraction of sp³-hybridized carbons (Fsp3) is 0.875. The molecule has 13 heavy (non-hydrogen) atoms. The van der Waals surface area contributed by atoms with E-state index < -0.39 is 6.43 Å². The first-order valence-corrected chi connectivity index (χ1v) is 4.19. The molecular formula is C8H15F2N3. The van der Waals surface area contributed by atoms with Crippen LogP contribution in [-0.4, -0.2) is 44.0 Å². The number of hydrogen-bond donors (Lipinski definition) is 1. The number of nitriles is 1. The van der Waals surface area contributed by atoms with Crippen LogP contribution in [0, 0.1) is 11.3 Å². The van der Waals surface area contributed by atoms with E-state index in [-0.39, 0.29) is 12.6 Å². The van der Waals surface area contributed by atoms with Crippen molar-refractivity contribution in [3.63, 3.8) is 0 Å². The number of likely N-dealkylation sites (N-methyl/N-ethyl adjacent to an activating group) is 2. The lowest BCUT2D eigenvalue weighted by Crippen LogP contribution is -2.40. The summed E-state index contributed by atoms with van der Waals surface area (Å²) in [6.07, 6.45) is -2.34. The molecule has 1 N–H and O–H groups in total. The van der Waals surface area contributed by atoms with Gasteiger partial charge in [0.2, 0.25) is 0 Å². The third kappa shape index (κ3) is 6.43. The normalized spacial score (nSPS) is 13.3. The summed E-state index contributed by atoms with van der Waals surface area (Å²) in [6.45, 7) is 2.58. The van der Waals surface area contributed by atoms with Gasteiger partial charge in [-0.05, 0) is 13.6 Å². The summed E-state index contributed by atoms with van der Waals surface area (Å²) in [7, 11) is 1.58. The minimum atomic E-state index is -2.34. The summed E-state index contributed by atoms with van der Waals surface area (Å²) >= 11 is 0. The highest BCUT2D eigenvalue weighted by Gasteiger charge is 2.12. The lowest BCUT2D eigenvalue weighted by atomic mass is 10.3. The van der Waals surface area contributed by atoms with E-state index in [0.717, 1.165) is 0 Å². The first-order chi connectivity index (χ1) is 6.10. The molecule has 0 aliphatic rings. The minimum absolute atomic E-state index is 0.288. The van der Waals surface area contributed by atoms with Crippen LogP contribution in [0.2, 0.25) is 0 Å². The maximum absolute atomic E-state index is 11.9. The van der Waals surface area contributed by atoms with Crippen molar-refractivity contribution >= 4 is 0 Å². The molecule has 0 aromatic carbocycles. The van der Waals surface area contributed by atoms with Crippen LogP contribution in [0.1, 0.15) is 6.92 Å². The van der Waals surface area contributed by atoms with Gasteiger partial charge in [0.05, 0.1) is 12.6 Å². The van der Waals surface area contributed by atoms with E-state index in [1.807, 2.05) is 13.0 Å². The van der Waals surface area contributed by atoms with Crippen molar-refractivity contribution < 1.29 is 8.78 Å². The van der Waals surface area contributed by atoms with Crippen molar-refractivity contribution in [3.05, 3.63) is 0 Å². The predicted molar refractivity (Wildman–Crippen MR) is 46.6 cm³/mol. The molecule has 0 spiro atoms. The lowest BCUT2D eigenvalue weighted by molar-refractivity contribution is 0.0984. The zero-order valence-electron chi connectivity index (χ0n) is 7.93. The van der Waals surface area contributed by atoms with Crippen LogP contribution in [0.4, 0.5) is 8.78 Å². The van der Waals surface area contributed by atoms with Gasteiger partial charge in [-0.25, -0.2) is 8.78 Å². The molecular weight excluding hydrogens is 176 g/mol. The largest absolute Gasteiger partial charge is 0.301 e. The molecule has 0 aliphatic heterocycles. The van der Waals surface area contributed by atoms with E-state index in [1.54, 1.807) is 7.05 Å². The Balaban J connectivity index is 3.74. The first kappa shape index (κ1) is 12.3. The van der Waals surface area contributed by atoms with Crippen LogP contribution in [0.25, 0.3) is 0 Å². The molecule has 0 rings (SSSR count). The Kier molecular flexibility index (Phi) is 6.37. The van der Waals surface area contributed by atoms with E-state index in [2.05, 4.69) is 5.32 Å². The van der Waals surface area contributed by atoms with Gasteiger partial charge in [0.1, 0.15) is 6.04 Å². The predicted octanol–water partition coefficient (Wildman–Crippen LogP) is 0.685. The van der Waals surface area contributed by atoms with Crippen LogP contribution in [0.5, 0.6) is 0 Å². The van der Waals surface area contributed by atoms with Crippen molar-refractivity contribution in [2.75, 3.05) is 26.7 Å². The molecule has 0 aromatic rings. The smallest absolute Gasteiger partial charge is 0.251 e. The Bertz CT molecular complexity index is 167. The average molecular weight is 191 g/mol. The molecule has 0 aromatic heterocycles. The number of nitrogens with zero attached hydrogens (tertiary/aromatic N) is 2. The highest BCUT2D eigenvalue weighted by atomic mass is 19.3. The summed E-state index contributed by atoms with van der Waals surface area (Å²) < 4.78 is 23.8. The standard InChI is InChI=1S/C8H15F2N3/c1-3-12-7(4-11)5-13(2)6-8(9)10/h7-8,12H,3,5-6H2,1-2H3. The topological polar surface area (TPSA) is 39.1 Å². The molecule has 0 saturated carbocycles. The second-order valence-corrected chi connectivity index (χ2v) is 2.85. The van der Waals surface area contributed by atoms with Gasteiger partial charge in [-0.1, -0.05) is 6.92 Å². The molecule has 0 aliphatic carbocycles. The highest BCUT2D eigenvalue weighted by molar-refractivity contribution is 4.91. The van der Waals surface area contributed by atoms with Gasteiger partial charge >= 0.3 is 0 Å². The summed E-state index contributed by atoms with van der Waals surface area (Å²) in [4.78, 5) is 1.45. The summed E-state index contributed by atoms with van der Waals surface area (Å²) in [5, 5.41) is 11.5. The number of halogens is 2. The zero-order chi connectivity index (χ0) is 10.3. The number of hydrogen-bond acceptors (Lipinski definition) is 3. The van der Waals surface area contributed by atoms with Crippen molar-refractivity contribution in [1.29, 1.82) is 5.26 Å². The molecule has 1 unspecified atom stereocenters. The van der Waals surface area contributed by atoms with Gasteiger partial charge in [-0.3, -0.25) is 4.90 Å². The summed E-state index contributed by atoms with van der Waals surface area (Å²) in [6, 6.07) is 1.64. The Morgan fingerprint density at radius 3 is 2.46 bits per heavy atom. The van der Waals surface area contributed by atoms with Gasteiger partial charge < -0.3 is 5.32 Å². The minimum Gasteiger partial charge on any atom is -0.301 e. The molecule has 0 saturated heterocycles. The molecule has 0 radical (unpaired) electrons. The second kappa shape index (κ2) is 6.75. The van der Waals surface area contributed by atoms with Gasteiger partial charge in [0.15, 0.2) is 0 Å². The van der Waals surface area contributed by atoms with E-state index in [1.165, 1.54) is 4.90 Å². The molecule has 5 heteroatoms. The van der Waals surface area contributed by atoms with Crippen molar-refractivity contribution in [2.45, 2.75) is 19.4 Å². The first-order valence-electron chi connectivity index (χ1n) is 4.19. The van der Waals surface area contributed by atoms with Crippen molar-refractivity contribution in [3.8, 4) is 6.07 Å². The molecule has 0 amide bonds. The maximum atomic E-state index is 11.9. The Morgan fingerprint density at radius 2 is 2.08 bits per heavy atom. The molecule has 3 nitrogen and oxygen atoms in total. The maximum Gasteiger partial charge on any atom is 0.251 e. The molecule has 1 atom stereocenters. The van der Waals surface area contributed by atoms with Crippen LogP contribution >= 0.6 is 0 Å². The van der Waals surface area contributed by atoms with Gasteiger partial charge in [0, 0.05) is 6.54 Å². The SMILES string of the molecule is CCNC(C#N)CN(C)CC(F)F. The Labute approximate surface area is 77.3 Å². The number of nitrogens with one attached hydrogen (secondary N) is 1. The van der Waals surface area contributed by atoms with Gasteiger partial charge in [-0.2, -0.15) is 5.26 Å². The van der Waals surface area contributed by atoms with Crippen LogP contribution in [0.3, 0.4) is 0 Å². The Hall–Kier alpha value is -0.730. The fourth-order valence-electron chi connectivity index (χ4n) is 1.02. The van der Waals surface area contributed by atoms with Gasteiger partial charge in [-0.15, -0.1) is 0 Å². The van der Waals surface area contributed by atoms with Gasteiger partial charge in [0.25, 0.3) is 6.43 Å². The van der Waals surface area contributed by atoms with Crippen LogP contribution in [0.15, 0.2) is 0 Å². The zero-order valence-corrected chi connectivity index (χ0v) is 7.93. The highest BCUT2D eigenvalue weighted by Crippen LogP contribution is 1.96. The molecule has 0 bridgehead atoms.